The van der Waals surface area contributed by atoms with Crippen LogP contribution < -0.4 is 4.72 Å². The third-order valence-corrected chi connectivity index (χ3v) is 5.83. The molecule has 3 rings (SSSR count). The van der Waals surface area contributed by atoms with Gasteiger partial charge >= 0.3 is 0 Å². The Morgan fingerprint density at radius 2 is 1.76 bits per heavy atom. The molecular weight excluding hydrogens is 356 g/mol. The van der Waals surface area contributed by atoms with Crippen molar-refractivity contribution in [1.82, 2.24) is 9.71 Å². The van der Waals surface area contributed by atoms with E-state index in [9.17, 15) is 13.5 Å². The highest BCUT2D eigenvalue weighted by Gasteiger charge is 2.12. The van der Waals surface area contributed by atoms with Crippen molar-refractivity contribution >= 4 is 21.4 Å². The molecule has 0 aliphatic heterocycles. The quantitative estimate of drug-likeness (QED) is 0.666. The van der Waals surface area contributed by atoms with Crippen LogP contribution in [0.1, 0.15) is 10.6 Å². The molecule has 25 heavy (non-hydrogen) atoms. The Morgan fingerprint density at radius 1 is 1.04 bits per heavy atom. The molecule has 1 heterocycles. The van der Waals surface area contributed by atoms with Crippen molar-refractivity contribution in [2.45, 2.75) is 13.0 Å². The maximum Gasteiger partial charge on any atom is 0.212 e. The first kappa shape index (κ1) is 17.6. The molecular formula is C18H18N2O3S2. The molecule has 0 bridgehead atoms. The number of benzene rings is 2. The lowest BCUT2D eigenvalue weighted by atomic mass is 10.2. The summed E-state index contributed by atoms with van der Waals surface area (Å²) in [7, 11) is -3.36. The number of phenols is 1. The van der Waals surface area contributed by atoms with Gasteiger partial charge in [0.15, 0.2) is 0 Å². The standard InChI is InChI=1S/C18H18N2O3S2/c21-16-8-6-15(7-9-16)17-13-24-18(20-17)12-19-25(22,23)11-10-14-4-2-1-3-5-14/h1-9,13,19,21H,10-12H2. The fourth-order valence-corrected chi connectivity index (χ4v) is 4.14. The van der Waals surface area contributed by atoms with E-state index in [1.165, 1.54) is 11.3 Å². The van der Waals surface area contributed by atoms with Gasteiger partial charge in [-0.2, -0.15) is 0 Å². The van der Waals surface area contributed by atoms with Crippen LogP contribution in [-0.4, -0.2) is 24.3 Å². The second-order valence-electron chi connectivity index (χ2n) is 5.55. The van der Waals surface area contributed by atoms with Crippen LogP contribution in [0.3, 0.4) is 0 Å². The normalized spacial score (nSPS) is 11.5. The van der Waals surface area contributed by atoms with E-state index in [1.54, 1.807) is 24.3 Å². The molecule has 3 aromatic rings. The minimum atomic E-state index is -3.36. The van der Waals surface area contributed by atoms with Crippen LogP contribution in [0, 0.1) is 0 Å². The number of hydrogen-bond donors (Lipinski definition) is 2. The van der Waals surface area contributed by atoms with Crippen molar-refractivity contribution in [1.29, 1.82) is 0 Å². The maximum atomic E-state index is 12.1. The Morgan fingerprint density at radius 3 is 2.48 bits per heavy atom. The van der Waals surface area contributed by atoms with Crippen LogP contribution in [0.15, 0.2) is 60.0 Å². The van der Waals surface area contributed by atoms with E-state index in [-0.39, 0.29) is 18.0 Å². The van der Waals surface area contributed by atoms with Gasteiger partial charge in [0.2, 0.25) is 10.0 Å². The molecule has 2 aromatic carbocycles. The summed E-state index contributed by atoms with van der Waals surface area (Å²) in [5.74, 6) is 0.248. The zero-order chi connectivity index (χ0) is 17.7. The molecule has 0 atom stereocenters. The van der Waals surface area contributed by atoms with E-state index < -0.39 is 10.0 Å². The smallest absolute Gasteiger partial charge is 0.212 e. The van der Waals surface area contributed by atoms with Gasteiger partial charge in [-0.3, -0.25) is 0 Å². The molecule has 2 N–H and O–H groups in total. The third-order valence-electron chi connectivity index (χ3n) is 3.66. The maximum absolute atomic E-state index is 12.1. The van der Waals surface area contributed by atoms with Gasteiger partial charge in [0, 0.05) is 10.9 Å². The molecule has 1 aromatic heterocycles. The molecule has 0 saturated carbocycles. The molecule has 7 heteroatoms. The fourth-order valence-electron chi connectivity index (χ4n) is 2.30. The summed E-state index contributed by atoms with van der Waals surface area (Å²) >= 11 is 1.40. The topological polar surface area (TPSA) is 79.3 Å². The number of phenolic OH excluding ortho intramolecular Hbond substituents is 1. The molecule has 0 unspecified atom stereocenters. The zero-order valence-corrected chi connectivity index (χ0v) is 15.1. The predicted octanol–water partition coefficient (Wildman–Crippen LogP) is 3.18. The van der Waals surface area contributed by atoms with Crippen molar-refractivity contribution < 1.29 is 13.5 Å². The predicted molar refractivity (Wildman–Crippen MR) is 100.0 cm³/mol. The summed E-state index contributed by atoms with van der Waals surface area (Å²) in [5, 5.41) is 11.9. The Bertz CT molecular complexity index is 920. The molecule has 130 valence electrons. The molecule has 0 saturated heterocycles. The Hall–Kier alpha value is -2.22. The number of aromatic hydroxyl groups is 1. The Kier molecular flexibility index (Phi) is 5.47. The number of rotatable bonds is 7. The minimum Gasteiger partial charge on any atom is -0.508 e. The second-order valence-corrected chi connectivity index (χ2v) is 8.42. The lowest BCUT2D eigenvalue weighted by Gasteiger charge is -2.05. The number of thiazole rings is 1. The van der Waals surface area contributed by atoms with Crippen molar-refractivity contribution in [3.63, 3.8) is 0 Å². The van der Waals surface area contributed by atoms with E-state index in [0.717, 1.165) is 16.8 Å². The van der Waals surface area contributed by atoms with Crippen LogP contribution in [0.5, 0.6) is 5.75 Å². The summed E-state index contributed by atoms with van der Waals surface area (Å²) < 4.78 is 26.9. The fraction of sp³-hybridized carbons (Fsp3) is 0.167. The Labute approximate surface area is 151 Å². The molecule has 0 aliphatic carbocycles. The largest absolute Gasteiger partial charge is 0.508 e. The molecule has 0 spiro atoms. The summed E-state index contributed by atoms with van der Waals surface area (Å²) in [5.41, 5.74) is 2.65. The lowest BCUT2D eigenvalue weighted by molar-refractivity contribution is 0.475. The number of aromatic nitrogens is 1. The summed E-state index contributed by atoms with van der Waals surface area (Å²) in [6, 6.07) is 16.3. The zero-order valence-electron chi connectivity index (χ0n) is 13.4. The highest BCUT2D eigenvalue weighted by Crippen LogP contribution is 2.23. The van der Waals surface area contributed by atoms with Crippen LogP contribution >= 0.6 is 11.3 Å². The van der Waals surface area contributed by atoms with E-state index in [2.05, 4.69) is 9.71 Å². The van der Waals surface area contributed by atoms with E-state index in [4.69, 9.17) is 0 Å². The number of nitrogens with zero attached hydrogens (tertiary/aromatic N) is 1. The van der Waals surface area contributed by atoms with Gasteiger partial charge in [0.05, 0.1) is 18.0 Å². The van der Waals surface area contributed by atoms with E-state index in [1.807, 2.05) is 35.7 Å². The van der Waals surface area contributed by atoms with Crippen molar-refractivity contribution in [2.24, 2.45) is 0 Å². The molecule has 0 amide bonds. The number of aryl methyl sites for hydroxylation is 1. The Balaban J connectivity index is 1.57. The molecule has 5 nitrogen and oxygen atoms in total. The first-order valence-electron chi connectivity index (χ1n) is 7.77. The number of hydrogen-bond acceptors (Lipinski definition) is 5. The lowest BCUT2D eigenvalue weighted by Crippen LogP contribution is -2.26. The van der Waals surface area contributed by atoms with Crippen LogP contribution in [0.2, 0.25) is 0 Å². The summed E-state index contributed by atoms with van der Waals surface area (Å²) in [4.78, 5) is 4.44. The van der Waals surface area contributed by atoms with Crippen molar-refractivity contribution in [2.75, 3.05) is 5.75 Å². The van der Waals surface area contributed by atoms with Gasteiger partial charge in [0.25, 0.3) is 0 Å². The van der Waals surface area contributed by atoms with Gasteiger partial charge in [-0.1, -0.05) is 30.3 Å². The SMILES string of the molecule is O=S(=O)(CCc1ccccc1)NCc1nc(-c2ccc(O)cc2)cs1. The van der Waals surface area contributed by atoms with Crippen LogP contribution in [0.4, 0.5) is 0 Å². The monoisotopic (exact) mass is 374 g/mol. The van der Waals surface area contributed by atoms with Gasteiger partial charge in [-0.15, -0.1) is 11.3 Å². The number of sulfonamides is 1. The highest BCUT2D eigenvalue weighted by molar-refractivity contribution is 7.89. The van der Waals surface area contributed by atoms with Crippen molar-refractivity contribution in [3.05, 3.63) is 70.5 Å². The summed E-state index contributed by atoms with van der Waals surface area (Å²) in [6.45, 7) is 0.180. The van der Waals surface area contributed by atoms with Crippen LogP contribution in [-0.2, 0) is 23.0 Å². The molecule has 0 fully saturated rings. The van der Waals surface area contributed by atoms with E-state index >= 15 is 0 Å². The van der Waals surface area contributed by atoms with Crippen molar-refractivity contribution in [3.8, 4) is 17.0 Å². The summed E-state index contributed by atoms with van der Waals surface area (Å²) in [6.07, 6.45) is 0.479. The first-order valence-corrected chi connectivity index (χ1v) is 10.3. The van der Waals surface area contributed by atoms with Crippen LogP contribution in [0.25, 0.3) is 11.3 Å². The molecule has 0 radical (unpaired) electrons. The number of nitrogens with one attached hydrogen (secondary N) is 1. The van der Waals surface area contributed by atoms with Gasteiger partial charge < -0.3 is 5.11 Å². The average Bonchev–Trinajstić information content (AvgIpc) is 3.09. The van der Waals surface area contributed by atoms with Gasteiger partial charge in [-0.25, -0.2) is 18.1 Å². The van der Waals surface area contributed by atoms with Gasteiger partial charge in [0.1, 0.15) is 10.8 Å². The highest BCUT2D eigenvalue weighted by atomic mass is 32.2. The molecule has 0 aliphatic rings. The first-order chi connectivity index (χ1) is 12.0. The van der Waals surface area contributed by atoms with E-state index in [0.29, 0.717) is 11.4 Å². The third kappa shape index (κ3) is 5.12. The second kappa shape index (κ2) is 7.77. The minimum absolute atomic E-state index is 0.0488. The average molecular weight is 374 g/mol. The van der Waals surface area contributed by atoms with Gasteiger partial charge in [-0.05, 0) is 36.2 Å².